The fraction of sp³-hybridized carbons (Fsp3) is 0.0833. The van der Waals surface area contributed by atoms with Crippen LogP contribution in [0.15, 0.2) is 30.3 Å². The number of aromatic nitrogens is 1. The summed E-state index contributed by atoms with van der Waals surface area (Å²) in [6.07, 6.45) is -4.55. The maximum atomic E-state index is 13.1. The van der Waals surface area contributed by atoms with Crippen LogP contribution in [0.4, 0.5) is 29.1 Å². The number of anilines is 2. The van der Waals surface area contributed by atoms with Gasteiger partial charge in [0.25, 0.3) is 0 Å². The lowest BCUT2D eigenvalue weighted by molar-refractivity contribution is -0.137. The van der Waals surface area contributed by atoms with Crippen LogP contribution in [0, 0.1) is 5.82 Å². The third-order valence-corrected chi connectivity index (χ3v) is 2.67. The third-order valence-electron chi connectivity index (χ3n) is 2.26. The van der Waals surface area contributed by atoms with Crippen LogP contribution in [-0.2, 0) is 6.18 Å². The minimum absolute atomic E-state index is 0.102. The summed E-state index contributed by atoms with van der Waals surface area (Å²) in [7, 11) is 0. The van der Waals surface area contributed by atoms with Gasteiger partial charge in [-0.05, 0) is 30.3 Å². The maximum Gasteiger partial charge on any atom is 0.416 e. The van der Waals surface area contributed by atoms with Gasteiger partial charge in [-0.1, -0.05) is 23.2 Å². The molecule has 0 aliphatic heterocycles. The Kier molecular flexibility index (Phi) is 4.06. The smallest absolute Gasteiger partial charge is 0.340 e. The van der Waals surface area contributed by atoms with Gasteiger partial charge < -0.3 is 5.32 Å². The van der Waals surface area contributed by atoms with E-state index in [1.165, 1.54) is 6.07 Å². The highest BCUT2D eigenvalue weighted by Gasteiger charge is 2.31. The van der Waals surface area contributed by atoms with Crippen LogP contribution in [0.5, 0.6) is 0 Å². The molecule has 0 fully saturated rings. The Morgan fingerprint density at radius 2 is 1.70 bits per heavy atom. The number of hydrogen-bond donors (Lipinski definition) is 1. The summed E-state index contributed by atoms with van der Waals surface area (Å²) in [5.74, 6) is -0.787. The molecule has 0 spiro atoms. The zero-order valence-corrected chi connectivity index (χ0v) is 11.1. The molecule has 106 valence electrons. The van der Waals surface area contributed by atoms with E-state index in [1.54, 1.807) is 0 Å². The van der Waals surface area contributed by atoms with Crippen molar-refractivity contribution in [1.82, 2.24) is 4.98 Å². The Balaban J connectivity index is 2.36. The van der Waals surface area contributed by atoms with Crippen molar-refractivity contribution in [3.8, 4) is 0 Å². The number of hydrogen-bond acceptors (Lipinski definition) is 2. The molecule has 0 aliphatic rings. The standard InChI is InChI=1S/C12H6Cl2F4N2/c13-7-3-8(15)5-9(4-7)19-11-2-6(12(16,17)18)1-10(14)20-11/h1-5H,(H,19,20). The molecule has 20 heavy (non-hydrogen) atoms. The van der Waals surface area contributed by atoms with Crippen molar-refractivity contribution in [1.29, 1.82) is 0 Å². The first-order valence-electron chi connectivity index (χ1n) is 5.22. The number of pyridine rings is 1. The third kappa shape index (κ3) is 3.74. The van der Waals surface area contributed by atoms with Crippen LogP contribution in [0.1, 0.15) is 5.56 Å². The van der Waals surface area contributed by atoms with Crippen LogP contribution in [0.2, 0.25) is 10.2 Å². The number of nitrogens with zero attached hydrogens (tertiary/aromatic N) is 1. The quantitative estimate of drug-likeness (QED) is 0.599. The molecule has 2 nitrogen and oxygen atoms in total. The minimum Gasteiger partial charge on any atom is -0.340 e. The molecule has 0 unspecified atom stereocenters. The molecule has 0 amide bonds. The molecular weight excluding hydrogens is 319 g/mol. The van der Waals surface area contributed by atoms with Crippen molar-refractivity contribution in [3.05, 3.63) is 51.9 Å². The summed E-state index contributed by atoms with van der Waals surface area (Å²) in [5, 5.41) is 2.29. The Morgan fingerprint density at radius 1 is 1.00 bits per heavy atom. The summed E-state index contributed by atoms with van der Waals surface area (Å²) in [6, 6.07) is 4.96. The second kappa shape index (κ2) is 5.46. The van der Waals surface area contributed by atoms with Crippen molar-refractivity contribution in [3.63, 3.8) is 0 Å². The molecule has 2 rings (SSSR count). The molecule has 0 radical (unpaired) electrons. The molecular formula is C12H6Cl2F4N2. The summed E-state index contributed by atoms with van der Waals surface area (Å²) in [5.41, 5.74) is -0.791. The van der Waals surface area contributed by atoms with Crippen molar-refractivity contribution in [2.45, 2.75) is 6.18 Å². The second-order valence-corrected chi connectivity index (χ2v) is 4.67. The van der Waals surface area contributed by atoms with Gasteiger partial charge in [-0.15, -0.1) is 0 Å². The van der Waals surface area contributed by atoms with Gasteiger partial charge in [-0.2, -0.15) is 13.2 Å². The normalized spacial score (nSPS) is 11.5. The van der Waals surface area contributed by atoms with E-state index < -0.39 is 17.6 Å². The fourth-order valence-corrected chi connectivity index (χ4v) is 1.93. The van der Waals surface area contributed by atoms with Gasteiger partial charge in [0.2, 0.25) is 0 Å². The summed E-state index contributed by atoms with van der Waals surface area (Å²) >= 11 is 11.2. The molecule has 0 bridgehead atoms. The van der Waals surface area contributed by atoms with Gasteiger partial charge in [0.15, 0.2) is 0 Å². The first kappa shape index (κ1) is 14.9. The van der Waals surface area contributed by atoms with Crippen molar-refractivity contribution in [2.24, 2.45) is 0 Å². The molecule has 0 aliphatic carbocycles. The highest BCUT2D eigenvalue weighted by molar-refractivity contribution is 6.31. The zero-order chi connectivity index (χ0) is 14.9. The molecule has 0 saturated heterocycles. The Bertz CT molecular complexity index is 624. The topological polar surface area (TPSA) is 24.9 Å². The van der Waals surface area contributed by atoms with E-state index in [0.717, 1.165) is 18.2 Å². The summed E-state index contributed by atoms with van der Waals surface area (Å²) in [6.45, 7) is 0. The van der Waals surface area contributed by atoms with E-state index in [-0.39, 0.29) is 21.7 Å². The van der Waals surface area contributed by atoms with E-state index in [0.29, 0.717) is 6.07 Å². The number of nitrogens with one attached hydrogen (secondary N) is 1. The van der Waals surface area contributed by atoms with Gasteiger partial charge in [0.1, 0.15) is 16.8 Å². The molecule has 8 heteroatoms. The van der Waals surface area contributed by atoms with Gasteiger partial charge in [-0.25, -0.2) is 9.37 Å². The molecule has 0 atom stereocenters. The molecule has 1 heterocycles. The zero-order valence-electron chi connectivity index (χ0n) is 9.60. The Hall–Kier alpha value is -1.53. The number of alkyl halides is 3. The largest absolute Gasteiger partial charge is 0.416 e. The van der Waals surface area contributed by atoms with Crippen molar-refractivity contribution >= 4 is 34.7 Å². The molecule has 1 aromatic carbocycles. The molecule has 1 N–H and O–H groups in total. The number of rotatable bonds is 2. The summed E-state index contributed by atoms with van der Waals surface area (Å²) < 4.78 is 51.0. The first-order valence-corrected chi connectivity index (χ1v) is 5.97. The van der Waals surface area contributed by atoms with Crippen molar-refractivity contribution in [2.75, 3.05) is 5.32 Å². The summed E-state index contributed by atoms with van der Waals surface area (Å²) in [4.78, 5) is 3.69. The predicted molar refractivity (Wildman–Crippen MR) is 68.9 cm³/mol. The van der Waals surface area contributed by atoms with Gasteiger partial charge >= 0.3 is 6.18 Å². The van der Waals surface area contributed by atoms with Gasteiger partial charge in [-0.3, -0.25) is 0 Å². The number of benzene rings is 1. The van der Waals surface area contributed by atoms with Crippen LogP contribution < -0.4 is 5.32 Å². The molecule has 0 saturated carbocycles. The van der Waals surface area contributed by atoms with E-state index in [9.17, 15) is 17.6 Å². The second-order valence-electron chi connectivity index (χ2n) is 3.84. The Labute approximate surface area is 121 Å². The fourth-order valence-electron chi connectivity index (χ4n) is 1.50. The highest BCUT2D eigenvalue weighted by Crippen LogP contribution is 2.32. The Morgan fingerprint density at radius 3 is 2.30 bits per heavy atom. The van der Waals surface area contributed by atoms with E-state index >= 15 is 0 Å². The molecule has 2 aromatic rings. The number of halogens is 6. The van der Waals surface area contributed by atoms with Gasteiger partial charge in [0.05, 0.1) is 5.56 Å². The monoisotopic (exact) mass is 324 g/mol. The minimum atomic E-state index is -4.55. The van der Waals surface area contributed by atoms with E-state index in [2.05, 4.69) is 10.3 Å². The molecule has 1 aromatic heterocycles. The predicted octanol–water partition coefficient (Wildman–Crippen LogP) is 5.29. The lowest BCUT2D eigenvalue weighted by Gasteiger charge is -2.11. The van der Waals surface area contributed by atoms with Crippen LogP contribution in [0.25, 0.3) is 0 Å². The van der Waals surface area contributed by atoms with Gasteiger partial charge in [0, 0.05) is 10.7 Å². The SMILES string of the molecule is Fc1cc(Cl)cc(Nc2cc(C(F)(F)F)cc(Cl)n2)c1. The van der Waals surface area contributed by atoms with Crippen LogP contribution >= 0.6 is 23.2 Å². The first-order chi connectivity index (χ1) is 9.24. The van der Waals surface area contributed by atoms with E-state index in [4.69, 9.17) is 23.2 Å². The highest BCUT2D eigenvalue weighted by atomic mass is 35.5. The van der Waals surface area contributed by atoms with E-state index in [1.807, 2.05) is 0 Å². The van der Waals surface area contributed by atoms with Crippen LogP contribution in [0.3, 0.4) is 0 Å². The average molecular weight is 325 g/mol. The van der Waals surface area contributed by atoms with Crippen molar-refractivity contribution < 1.29 is 17.6 Å². The average Bonchev–Trinajstić information content (AvgIpc) is 2.25. The van der Waals surface area contributed by atoms with Crippen LogP contribution in [-0.4, -0.2) is 4.98 Å². The lowest BCUT2D eigenvalue weighted by Crippen LogP contribution is -2.06. The maximum absolute atomic E-state index is 13.1. The lowest BCUT2D eigenvalue weighted by atomic mass is 10.2.